The topological polar surface area (TPSA) is 90.7 Å². The number of hydrogen-bond acceptors (Lipinski definition) is 6. The predicted molar refractivity (Wildman–Crippen MR) is 73.1 cm³/mol. The van der Waals surface area contributed by atoms with Crippen molar-refractivity contribution in [1.29, 1.82) is 5.26 Å². The van der Waals surface area contributed by atoms with Crippen molar-refractivity contribution in [2.45, 2.75) is 6.92 Å². The van der Waals surface area contributed by atoms with Crippen molar-refractivity contribution in [3.8, 4) is 6.07 Å². The van der Waals surface area contributed by atoms with E-state index in [-0.39, 0.29) is 16.3 Å². The van der Waals surface area contributed by atoms with E-state index in [1.54, 1.807) is 0 Å². The Labute approximate surface area is 118 Å². The molecule has 1 aromatic heterocycles. The number of carbonyl (C=O) groups excluding carboxylic acids is 1. The van der Waals surface area contributed by atoms with Crippen LogP contribution in [0.4, 0.5) is 15.2 Å². The molecular weight excluding hydrogens is 281 g/mol. The lowest BCUT2D eigenvalue weighted by Crippen LogP contribution is -2.12. The van der Waals surface area contributed by atoms with Crippen LogP contribution in [-0.2, 0) is 0 Å². The summed E-state index contributed by atoms with van der Waals surface area (Å²) in [7, 11) is 0. The van der Waals surface area contributed by atoms with E-state index < -0.39 is 11.7 Å². The van der Waals surface area contributed by atoms with Gasteiger partial charge in [0.2, 0.25) is 10.1 Å². The average molecular weight is 291 g/mol. The fraction of sp³-hybridized carbons (Fsp3) is 0.167. The largest absolute Gasteiger partial charge is 0.360 e. The van der Waals surface area contributed by atoms with Gasteiger partial charge in [0.25, 0.3) is 5.91 Å². The molecule has 0 unspecified atom stereocenters. The SMILES string of the molecule is CCNc1nnc(C(=O)Nc2ccc(F)cc2C#N)s1. The first-order chi connectivity index (χ1) is 9.63. The molecule has 0 fully saturated rings. The van der Waals surface area contributed by atoms with Gasteiger partial charge in [-0.15, -0.1) is 10.2 Å². The van der Waals surface area contributed by atoms with Gasteiger partial charge in [0.15, 0.2) is 0 Å². The number of halogens is 1. The van der Waals surface area contributed by atoms with Gasteiger partial charge in [-0.1, -0.05) is 11.3 Å². The van der Waals surface area contributed by atoms with Crippen LogP contribution in [0.2, 0.25) is 0 Å². The zero-order valence-electron chi connectivity index (χ0n) is 10.5. The number of nitriles is 1. The smallest absolute Gasteiger partial charge is 0.286 e. The molecule has 0 aliphatic heterocycles. The van der Waals surface area contributed by atoms with Crippen molar-refractivity contribution in [3.05, 3.63) is 34.6 Å². The lowest BCUT2D eigenvalue weighted by Gasteiger charge is -2.04. The molecule has 0 spiro atoms. The molecule has 20 heavy (non-hydrogen) atoms. The summed E-state index contributed by atoms with van der Waals surface area (Å²) in [5.74, 6) is -1.03. The van der Waals surface area contributed by atoms with E-state index in [0.717, 1.165) is 17.4 Å². The van der Waals surface area contributed by atoms with E-state index in [2.05, 4.69) is 20.8 Å². The minimum absolute atomic E-state index is 0.0507. The Kier molecular flexibility index (Phi) is 4.22. The van der Waals surface area contributed by atoms with Crippen molar-refractivity contribution >= 4 is 28.1 Å². The summed E-state index contributed by atoms with van der Waals surface area (Å²) in [4.78, 5) is 12.0. The summed E-state index contributed by atoms with van der Waals surface area (Å²) in [5, 5.41) is 22.6. The average Bonchev–Trinajstić information content (AvgIpc) is 2.90. The van der Waals surface area contributed by atoms with Gasteiger partial charge in [-0.2, -0.15) is 5.26 Å². The summed E-state index contributed by atoms with van der Waals surface area (Å²) in [6, 6.07) is 5.37. The van der Waals surface area contributed by atoms with Crippen LogP contribution in [0.5, 0.6) is 0 Å². The highest BCUT2D eigenvalue weighted by Crippen LogP contribution is 2.19. The number of aromatic nitrogens is 2. The van der Waals surface area contributed by atoms with E-state index in [9.17, 15) is 9.18 Å². The van der Waals surface area contributed by atoms with Crippen LogP contribution in [0.1, 0.15) is 22.3 Å². The molecule has 2 N–H and O–H groups in total. The first kappa shape index (κ1) is 13.9. The first-order valence-electron chi connectivity index (χ1n) is 5.72. The lowest BCUT2D eigenvalue weighted by atomic mass is 10.2. The number of carbonyl (C=O) groups is 1. The van der Waals surface area contributed by atoms with E-state index in [0.29, 0.717) is 11.7 Å². The summed E-state index contributed by atoms with van der Waals surface area (Å²) >= 11 is 1.10. The normalized spacial score (nSPS) is 9.85. The van der Waals surface area contributed by atoms with E-state index in [1.807, 2.05) is 13.0 Å². The Bertz CT molecular complexity index is 679. The van der Waals surface area contributed by atoms with Crippen LogP contribution in [-0.4, -0.2) is 22.6 Å². The van der Waals surface area contributed by atoms with Crippen molar-refractivity contribution in [2.75, 3.05) is 17.2 Å². The summed E-state index contributed by atoms with van der Waals surface area (Å²) in [6.45, 7) is 2.58. The molecule has 2 aromatic rings. The maximum absolute atomic E-state index is 13.0. The molecule has 6 nitrogen and oxygen atoms in total. The van der Waals surface area contributed by atoms with Gasteiger partial charge >= 0.3 is 0 Å². The number of nitrogens with zero attached hydrogens (tertiary/aromatic N) is 3. The summed E-state index contributed by atoms with van der Waals surface area (Å²) in [5.41, 5.74) is 0.286. The predicted octanol–water partition coefficient (Wildman–Crippen LogP) is 2.23. The third-order valence-corrected chi connectivity index (χ3v) is 3.18. The molecule has 1 amide bonds. The van der Waals surface area contributed by atoms with Crippen LogP contribution in [0, 0.1) is 17.1 Å². The number of benzene rings is 1. The summed E-state index contributed by atoms with van der Waals surface area (Å²) < 4.78 is 13.0. The van der Waals surface area contributed by atoms with Crippen LogP contribution in [0.25, 0.3) is 0 Å². The fourth-order valence-corrected chi connectivity index (χ4v) is 2.14. The molecular formula is C12H10FN5OS. The van der Waals surface area contributed by atoms with Crippen LogP contribution in [0.15, 0.2) is 18.2 Å². The molecule has 0 radical (unpaired) electrons. The maximum atomic E-state index is 13.0. The number of rotatable bonds is 4. The molecule has 0 saturated carbocycles. The molecule has 0 aliphatic carbocycles. The first-order valence-corrected chi connectivity index (χ1v) is 6.54. The maximum Gasteiger partial charge on any atom is 0.286 e. The highest BCUT2D eigenvalue weighted by atomic mass is 32.1. The number of nitrogens with one attached hydrogen (secondary N) is 2. The minimum Gasteiger partial charge on any atom is -0.360 e. The van der Waals surface area contributed by atoms with Crippen LogP contribution >= 0.6 is 11.3 Å². The second-order valence-corrected chi connectivity index (χ2v) is 4.68. The van der Waals surface area contributed by atoms with Crippen molar-refractivity contribution in [2.24, 2.45) is 0 Å². The Morgan fingerprint density at radius 2 is 2.30 bits per heavy atom. The van der Waals surface area contributed by atoms with Gasteiger partial charge in [-0.25, -0.2) is 4.39 Å². The highest BCUT2D eigenvalue weighted by molar-refractivity contribution is 7.17. The molecule has 1 heterocycles. The fourth-order valence-electron chi connectivity index (χ4n) is 1.43. The zero-order valence-corrected chi connectivity index (χ0v) is 11.3. The van der Waals surface area contributed by atoms with Gasteiger partial charge in [-0.3, -0.25) is 4.79 Å². The molecule has 2 rings (SSSR count). The monoisotopic (exact) mass is 291 g/mol. The van der Waals surface area contributed by atoms with E-state index >= 15 is 0 Å². The molecule has 0 bridgehead atoms. The van der Waals surface area contributed by atoms with Crippen LogP contribution < -0.4 is 10.6 Å². The molecule has 0 atom stereocenters. The molecule has 1 aromatic carbocycles. The van der Waals surface area contributed by atoms with E-state index in [4.69, 9.17) is 5.26 Å². The second kappa shape index (κ2) is 6.08. The van der Waals surface area contributed by atoms with Gasteiger partial charge < -0.3 is 10.6 Å². The van der Waals surface area contributed by atoms with Gasteiger partial charge in [0, 0.05) is 6.54 Å². The Balaban J connectivity index is 2.17. The third kappa shape index (κ3) is 3.07. The Morgan fingerprint density at radius 3 is 3.00 bits per heavy atom. The number of amides is 1. The minimum atomic E-state index is -0.537. The zero-order chi connectivity index (χ0) is 14.5. The van der Waals surface area contributed by atoms with Gasteiger partial charge in [0.1, 0.15) is 11.9 Å². The quantitative estimate of drug-likeness (QED) is 0.901. The third-order valence-electron chi connectivity index (χ3n) is 2.30. The van der Waals surface area contributed by atoms with Gasteiger partial charge in [0.05, 0.1) is 11.3 Å². The van der Waals surface area contributed by atoms with Crippen molar-refractivity contribution < 1.29 is 9.18 Å². The molecule has 102 valence electrons. The van der Waals surface area contributed by atoms with Crippen molar-refractivity contribution in [1.82, 2.24) is 10.2 Å². The van der Waals surface area contributed by atoms with Crippen LogP contribution in [0.3, 0.4) is 0 Å². The molecule has 8 heteroatoms. The number of anilines is 2. The molecule has 0 aliphatic rings. The lowest BCUT2D eigenvalue weighted by molar-refractivity contribution is 0.102. The van der Waals surface area contributed by atoms with Crippen molar-refractivity contribution in [3.63, 3.8) is 0 Å². The van der Waals surface area contributed by atoms with Gasteiger partial charge in [-0.05, 0) is 25.1 Å². The Morgan fingerprint density at radius 1 is 1.50 bits per heavy atom. The Hall–Kier alpha value is -2.53. The number of hydrogen-bond donors (Lipinski definition) is 2. The molecule has 0 saturated heterocycles. The standard InChI is InChI=1S/C12H10FN5OS/c1-2-15-12-18-17-11(20-12)10(19)16-9-4-3-8(13)5-7(9)6-14/h3-5H,2H2,1H3,(H,15,18)(H,16,19). The highest BCUT2D eigenvalue weighted by Gasteiger charge is 2.14. The second-order valence-electron chi connectivity index (χ2n) is 3.70. The summed E-state index contributed by atoms with van der Waals surface area (Å²) in [6.07, 6.45) is 0. The van der Waals surface area contributed by atoms with E-state index in [1.165, 1.54) is 12.1 Å².